The average Bonchev–Trinajstić information content (AvgIpc) is 3.34. The normalized spacial score (nSPS) is 16.4. The minimum absolute atomic E-state index is 0.192. The van der Waals surface area contributed by atoms with E-state index in [1.54, 1.807) is 0 Å². The predicted molar refractivity (Wildman–Crippen MR) is 126 cm³/mol. The van der Waals surface area contributed by atoms with Crippen LogP contribution in [0.5, 0.6) is 5.75 Å². The first kappa shape index (κ1) is 26.4. The average molecular weight is 526 g/mol. The number of ether oxygens (including phenoxy) is 1. The minimum atomic E-state index is -4.87. The van der Waals surface area contributed by atoms with Crippen molar-refractivity contribution in [3.63, 3.8) is 0 Å². The molecule has 1 aliphatic rings. The molecule has 1 heterocycles. The Morgan fingerprint density at radius 3 is 2.37 bits per heavy atom. The quantitative estimate of drug-likeness (QED) is 0.529. The fourth-order valence-corrected chi connectivity index (χ4v) is 5.93. The highest BCUT2D eigenvalue weighted by Gasteiger charge is 2.44. The number of nitrogens with one attached hydrogen (secondary N) is 1. The molecule has 188 valence electrons. The Hall–Kier alpha value is -3.16. The highest BCUT2D eigenvalue weighted by atomic mass is 32.2. The number of benzene rings is 2. The summed E-state index contributed by atoms with van der Waals surface area (Å²) in [7, 11) is -1.85. The number of sulfonamides is 1. The standard InChI is InChI=1S/C22H24FN3O7S2/c1-25(2)22(30)33-15-9-7-14(8-10-15)13-17(21(28)29)26(20(27)19-24-11-12-34-19)35(31,32)18-6-4-3-5-16(18)23/h3-10,17,19,24H,11-13H2,1-2H3,(H,28,29)/t17-,19-/m0/s1. The fraction of sp³-hybridized carbons (Fsp3) is 0.318. The van der Waals surface area contributed by atoms with Crippen LogP contribution in [0, 0.1) is 5.82 Å². The third kappa shape index (κ3) is 6.10. The molecule has 10 nitrogen and oxygen atoms in total. The van der Waals surface area contributed by atoms with Crippen molar-refractivity contribution in [3.8, 4) is 5.75 Å². The lowest BCUT2D eigenvalue weighted by Gasteiger charge is -2.30. The number of hydrogen-bond donors (Lipinski definition) is 2. The number of rotatable bonds is 8. The third-order valence-electron chi connectivity index (χ3n) is 5.02. The maximum atomic E-state index is 14.5. The zero-order valence-corrected chi connectivity index (χ0v) is 20.5. The molecule has 1 aliphatic heterocycles. The van der Waals surface area contributed by atoms with E-state index in [0.717, 1.165) is 23.9 Å². The number of nitrogens with zero attached hydrogens (tertiary/aromatic N) is 2. The molecule has 35 heavy (non-hydrogen) atoms. The van der Waals surface area contributed by atoms with E-state index in [4.69, 9.17) is 4.74 Å². The summed E-state index contributed by atoms with van der Waals surface area (Å²) in [4.78, 5) is 37.7. The van der Waals surface area contributed by atoms with Gasteiger partial charge in [-0.05, 0) is 29.8 Å². The number of carbonyl (C=O) groups excluding carboxylic acids is 2. The van der Waals surface area contributed by atoms with Crippen LogP contribution in [-0.2, 0) is 26.0 Å². The molecule has 2 N–H and O–H groups in total. The molecule has 0 spiro atoms. The molecule has 0 bridgehead atoms. The van der Waals surface area contributed by atoms with Gasteiger partial charge in [-0.2, -0.15) is 0 Å². The number of halogens is 1. The van der Waals surface area contributed by atoms with Crippen molar-refractivity contribution in [2.24, 2.45) is 0 Å². The van der Waals surface area contributed by atoms with Gasteiger partial charge >= 0.3 is 12.1 Å². The van der Waals surface area contributed by atoms with Gasteiger partial charge in [0.2, 0.25) is 0 Å². The van der Waals surface area contributed by atoms with E-state index < -0.39 is 56.5 Å². The van der Waals surface area contributed by atoms with Crippen molar-refractivity contribution in [2.45, 2.75) is 22.7 Å². The largest absolute Gasteiger partial charge is 0.480 e. The van der Waals surface area contributed by atoms with Crippen molar-refractivity contribution >= 4 is 39.8 Å². The van der Waals surface area contributed by atoms with Crippen LogP contribution in [0.25, 0.3) is 0 Å². The summed E-state index contributed by atoms with van der Waals surface area (Å²) in [5.74, 6) is -2.97. The van der Waals surface area contributed by atoms with E-state index in [2.05, 4.69) is 5.32 Å². The van der Waals surface area contributed by atoms with Gasteiger partial charge in [-0.25, -0.2) is 26.7 Å². The first-order chi connectivity index (χ1) is 16.5. The van der Waals surface area contributed by atoms with E-state index >= 15 is 0 Å². The summed E-state index contributed by atoms with van der Waals surface area (Å²) >= 11 is 1.13. The van der Waals surface area contributed by atoms with Crippen LogP contribution in [0.2, 0.25) is 0 Å². The van der Waals surface area contributed by atoms with Gasteiger partial charge in [0.1, 0.15) is 27.9 Å². The molecule has 3 rings (SSSR count). The van der Waals surface area contributed by atoms with Crippen molar-refractivity contribution in [3.05, 3.63) is 59.9 Å². The summed E-state index contributed by atoms with van der Waals surface area (Å²) in [5.41, 5.74) is 0.357. The van der Waals surface area contributed by atoms with E-state index in [1.165, 1.54) is 55.4 Å². The van der Waals surface area contributed by atoms with Crippen LogP contribution < -0.4 is 10.1 Å². The molecule has 1 fully saturated rings. The smallest absolute Gasteiger partial charge is 0.414 e. The number of carboxylic acid groups (broad SMARTS) is 1. The molecule has 2 aromatic rings. The molecule has 13 heteroatoms. The number of aliphatic carboxylic acids is 1. The Kier molecular flexibility index (Phi) is 8.35. The SMILES string of the molecule is CN(C)C(=O)Oc1ccc(C[C@@H](C(=O)O)N(C(=O)[C@H]2NCCS2)S(=O)(=O)c2ccccc2F)cc1. The topological polar surface area (TPSA) is 133 Å². The van der Waals surface area contributed by atoms with Crippen LogP contribution >= 0.6 is 11.8 Å². The van der Waals surface area contributed by atoms with Gasteiger partial charge in [0, 0.05) is 32.8 Å². The number of carbonyl (C=O) groups is 3. The molecular weight excluding hydrogens is 501 g/mol. The van der Waals surface area contributed by atoms with Crippen molar-refractivity contribution < 1.29 is 37.0 Å². The summed E-state index contributed by atoms with van der Waals surface area (Å²) in [5, 5.41) is 11.8. The molecular formula is C22H24FN3O7S2. The Morgan fingerprint density at radius 2 is 1.83 bits per heavy atom. The third-order valence-corrected chi connectivity index (χ3v) is 8.00. The molecule has 0 radical (unpaired) electrons. The second kappa shape index (κ2) is 11.1. The van der Waals surface area contributed by atoms with Crippen molar-refractivity contribution in [1.29, 1.82) is 0 Å². The van der Waals surface area contributed by atoms with Gasteiger partial charge in [-0.1, -0.05) is 24.3 Å². The Balaban J connectivity index is 1.98. The highest BCUT2D eigenvalue weighted by Crippen LogP contribution is 2.27. The number of hydrogen-bond acceptors (Lipinski definition) is 8. The second-order valence-corrected chi connectivity index (χ2v) is 10.7. The number of carboxylic acids is 1. The lowest BCUT2D eigenvalue weighted by molar-refractivity contribution is -0.146. The molecule has 1 saturated heterocycles. The van der Waals surface area contributed by atoms with Gasteiger partial charge in [0.05, 0.1) is 0 Å². The zero-order valence-electron chi connectivity index (χ0n) is 18.9. The van der Waals surface area contributed by atoms with E-state index in [9.17, 15) is 32.3 Å². The van der Waals surface area contributed by atoms with Gasteiger partial charge in [-0.3, -0.25) is 10.1 Å². The molecule has 2 amide bonds. The lowest BCUT2D eigenvalue weighted by Crippen LogP contribution is -2.54. The van der Waals surface area contributed by atoms with Crippen LogP contribution in [-0.4, -0.2) is 78.5 Å². The first-order valence-electron chi connectivity index (χ1n) is 10.4. The van der Waals surface area contributed by atoms with Gasteiger partial charge in [0.25, 0.3) is 15.9 Å². The van der Waals surface area contributed by atoms with Crippen molar-refractivity contribution in [2.75, 3.05) is 26.4 Å². The molecule has 0 aliphatic carbocycles. The summed E-state index contributed by atoms with van der Waals surface area (Å²) < 4.78 is 46.7. The van der Waals surface area contributed by atoms with Gasteiger partial charge < -0.3 is 14.7 Å². The molecule has 0 aromatic heterocycles. The molecule has 0 unspecified atom stereocenters. The Labute approximate surface area is 206 Å². The first-order valence-corrected chi connectivity index (χ1v) is 12.9. The predicted octanol–water partition coefficient (Wildman–Crippen LogP) is 1.76. The van der Waals surface area contributed by atoms with E-state index in [1.807, 2.05) is 0 Å². The number of amides is 2. The highest BCUT2D eigenvalue weighted by molar-refractivity contribution is 8.01. The maximum absolute atomic E-state index is 14.5. The van der Waals surface area contributed by atoms with Crippen LogP contribution in [0.3, 0.4) is 0 Å². The zero-order chi connectivity index (χ0) is 25.8. The van der Waals surface area contributed by atoms with Gasteiger partial charge in [0.15, 0.2) is 0 Å². The molecule has 0 saturated carbocycles. The maximum Gasteiger partial charge on any atom is 0.414 e. The molecule has 2 aromatic carbocycles. The van der Waals surface area contributed by atoms with E-state index in [0.29, 0.717) is 17.9 Å². The van der Waals surface area contributed by atoms with Crippen LogP contribution in [0.4, 0.5) is 9.18 Å². The summed E-state index contributed by atoms with van der Waals surface area (Å²) in [6, 6.07) is 8.35. The minimum Gasteiger partial charge on any atom is -0.480 e. The summed E-state index contributed by atoms with van der Waals surface area (Å²) in [6.07, 6.45) is -1.01. The Bertz CT molecular complexity index is 1200. The summed E-state index contributed by atoms with van der Waals surface area (Å²) in [6.45, 7) is 0.430. The second-order valence-electron chi connectivity index (χ2n) is 7.74. The lowest BCUT2D eigenvalue weighted by atomic mass is 10.1. The number of thioether (sulfide) groups is 1. The van der Waals surface area contributed by atoms with Crippen LogP contribution in [0.15, 0.2) is 53.4 Å². The molecule has 2 atom stereocenters. The fourth-order valence-electron chi connectivity index (χ4n) is 3.28. The Morgan fingerprint density at radius 1 is 1.17 bits per heavy atom. The van der Waals surface area contributed by atoms with Crippen molar-refractivity contribution in [1.82, 2.24) is 14.5 Å². The monoisotopic (exact) mass is 525 g/mol. The van der Waals surface area contributed by atoms with Crippen LogP contribution in [0.1, 0.15) is 5.56 Å². The van der Waals surface area contributed by atoms with E-state index in [-0.39, 0.29) is 10.1 Å². The van der Waals surface area contributed by atoms with Gasteiger partial charge in [-0.15, -0.1) is 11.8 Å².